The van der Waals surface area contributed by atoms with E-state index in [1.807, 2.05) is 11.0 Å². The molecule has 1 amide bonds. The van der Waals surface area contributed by atoms with Gasteiger partial charge in [-0.15, -0.1) is 0 Å². The predicted octanol–water partition coefficient (Wildman–Crippen LogP) is 1.61. The predicted molar refractivity (Wildman–Crippen MR) is 106 cm³/mol. The van der Waals surface area contributed by atoms with E-state index < -0.39 is 0 Å². The first-order chi connectivity index (χ1) is 13.5. The lowest BCUT2D eigenvalue weighted by Crippen LogP contribution is -2.34. The van der Waals surface area contributed by atoms with Gasteiger partial charge in [0.05, 0.1) is 26.8 Å². The molecule has 2 aromatic rings. The van der Waals surface area contributed by atoms with Crippen molar-refractivity contribution in [3.05, 3.63) is 28.0 Å². The van der Waals surface area contributed by atoms with E-state index in [1.165, 1.54) is 0 Å². The number of H-pyrrole nitrogens is 1. The first-order valence-corrected chi connectivity index (χ1v) is 9.31. The van der Waals surface area contributed by atoms with Gasteiger partial charge >= 0.3 is 0 Å². The molecule has 1 aromatic heterocycles. The van der Waals surface area contributed by atoms with Crippen LogP contribution in [0.3, 0.4) is 0 Å². The molecule has 0 saturated carbocycles. The van der Waals surface area contributed by atoms with Crippen molar-refractivity contribution < 1.29 is 19.0 Å². The Balaban J connectivity index is 1.95. The summed E-state index contributed by atoms with van der Waals surface area (Å²) < 4.78 is 16.4. The van der Waals surface area contributed by atoms with E-state index in [0.29, 0.717) is 41.4 Å². The number of hydrogen-bond donors (Lipinski definition) is 1. The minimum absolute atomic E-state index is 0.0937. The van der Waals surface area contributed by atoms with Crippen LogP contribution in [-0.4, -0.2) is 68.2 Å². The van der Waals surface area contributed by atoms with Gasteiger partial charge in [0.1, 0.15) is 0 Å². The van der Waals surface area contributed by atoms with E-state index in [1.54, 1.807) is 34.3 Å². The number of amides is 1. The molecule has 0 atom stereocenters. The molecule has 3 rings (SSSR count). The van der Waals surface area contributed by atoms with Crippen LogP contribution in [0.15, 0.2) is 16.9 Å². The number of nitrogens with zero attached hydrogens (tertiary/aromatic N) is 2. The van der Waals surface area contributed by atoms with Gasteiger partial charge in [0, 0.05) is 56.7 Å². The van der Waals surface area contributed by atoms with Crippen molar-refractivity contribution in [1.82, 2.24) is 14.8 Å². The molecule has 1 aromatic carbocycles. The Bertz CT molecular complexity index is 924. The number of aromatic nitrogens is 1. The lowest BCUT2D eigenvalue weighted by molar-refractivity contribution is -0.128. The third kappa shape index (κ3) is 3.91. The second-order valence-corrected chi connectivity index (χ2v) is 6.87. The smallest absolute Gasteiger partial charge is 0.252 e. The molecule has 0 radical (unpaired) electrons. The Morgan fingerprint density at radius 2 is 1.79 bits per heavy atom. The summed E-state index contributed by atoms with van der Waals surface area (Å²) in [7, 11) is 4.66. The Labute approximate surface area is 164 Å². The minimum atomic E-state index is -0.144. The van der Waals surface area contributed by atoms with Crippen molar-refractivity contribution >= 4 is 16.8 Å². The molecular formula is C20H27N3O5. The van der Waals surface area contributed by atoms with Crippen LogP contribution in [0.1, 0.15) is 18.9 Å². The highest BCUT2D eigenvalue weighted by Gasteiger charge is 2.20. The van der Waals surface area contributed by atoms with Crippen LogP contribution in [0, 0.1) is 0 Å². The van der Waals surface area contributed by atoms with Gasteiger partial charge in [-0.25, -0.2) is 0 Å². The highest BCUT2D eigenvalue weighted by molar-refractivity contribution is 5.90. The van der Waals surface area contributed by atoms with Crippen LogP contribution in [-0.2, 0) is 11.3 Å². The second kappa shape index (κ2) is 8.52. The number of aromatic amines is 1. The number of nitrogens with one attached hydrogen (secondary N) is 1. The van der Waals surface area contributed by atoms with Crippen LogP contribution in [0.2, 0.25) is 0 Å². The number of hydrogen-bond acceptors (Lipinski definition) is 6. The maximum atomic E-state index is 12.7. The Hall–Kier alpha value is -2.74. The number of fused-ring (bicyclic) bond motifs is 1. The second-order valence-electron chi connectivity index (χ2n) is 6.87. The van der Waals surface area contributed by atoms with Crippen molar-refractivity contribution in [2.24, 2.45) is 0 Å². The topological polar surface area (TPSA) is 84.1 Å². The van der Waals surface area contributed by atoms with E-state index in [9.17, 15) is 9.59 Å². The van der Waals surface area contributed by atoms with Gasteiger partial charge in [0.2, 0.25) is 11.7 Å². The summed E-state index contributed by atoms with van der Waals surface area (Å²) >= 11 is 0. The largest absolute Gasteiger partial charge is 0.493 e. The van der Waals surface area contributed by atoms with Gasteiger partial charge in [-0.2, -0.15) is 0 Å². The van der Waals surface area contributed by atoms with Crippen LogP contribution in [0.4, 0.5) is 0 Å². The number of methoxy groups -OCH3 is 3. The number of carbonyl (C=O) groups is 1. The Kier molecular flexibility index (Phi) is 6.08. The standard InChI is InChI=1S/C20H27N3O5/c1-13(24)23-7-5-6-22(8-9-23)12-14-10-15-16(21-20(14)25)11-17(26-2)19(28-4)18(15)27-3/h10-11H,5-9,12H2,1-4H3,(H,21,25). The molecule has 8 nitrogen and oxygen atoms in total. The van der Waals surface area contributed by atoms with Crippen molar-refractivity contribution in [3.8, 4) is 17.2 Å². The normalized spacial score (nSPS) is 15.4. The zero-order valence-corrected chi connectivity index (χ0v) is 16.8. The van der Waals surface area contributed by atoms with Gasteiger partial charge in [0.25, 0.3) is 5.56 Å². The molecule has 152 valence electrons. The molecule has 1 N–H and O–H groups in total. The minimum Gasteiger partial charge on any atom is -0.493 e. The third-order valence-electron chi connectivity index (χ3n) is 5.15. The lowest BCUT2D eigenvalue weighted by atomic mass is 10.1. The molecule has 0 bridgehead atoms. The van der Waals surface area contributed by atoms with E-state index in [0.717, 1.165) is 31.4 Å². The van der Waals surface area contributed by atoms with E-state index in [4.69, 9.17) is 14.2 Å². The van der Waals surface area contributed by atoms with Gasteiger partial charge in [-0.1, -0.05) is 0 Å². The van der Waals surface area contributed by atoms with Crippen LogP contribution in [0.5, 0.6) is 17.2 Å². The van der Waals surface area contributed by atoms with Crippen LogP contribution >= 0.6 is 0 Å². The van der Waals surface area contributed by atoms with Crippen molar-refractivity contribution in [3.63, 3.8) is 0 Å². The van der Waals surface area contributed by atoms with E-state index in [-0.39, 0.29) is 11.5 Å². The maximum Gasteiger partial charge on any atom is 0.252 e. The van der Waals surface area contributed by atoms with E-state index >= 15 is 0 Å². The average molecular weight is 389 g/mol. The Morgan fingerprint density at radius 1 is 1.04 bits per heavy atom. The molecule has 1 aliphatic rings. The molecule has 2 heterocycles. The summed E-state index contributed by atoms with van der Waals surface area (Å²) in [5.74, 6) is 1.60. The van der Waals surface area contributed by atoms with Crippen molar-refractivity contribution in [2.45, 2.75) is 19.9 Å². The molecule has 1 fully saturated rings. The summed E-state index contributed by atoms with van der Waals surface area (Å²) in [6.45, 7) is 5.11. The molecule has 0 aliphatic carbocycles. The number of pyridine rings is 1. The lowest BCUT2D eigenvalue weighted by Gasteiger charge is -2.21. The SMILES string of the molecule is COc1cc2[nH]c(=O)c(CN3CCCN(C(C)=O)CC3)cc2c(OC)c1OC. The van der Waals surface area contributed by atoms with E-state index in [2.05, 4.69) is 9.88 Å². The van der Waals surface area contributed by atoms with Crippen LogP contribution < -0.4 is 19.8 Å². The molecule has 0 unspecified atom stereocenters. The fourth-order valence-corrected chi connectivity index (χ4v) is 3.67. The quantitative estimate of drug-likeness (QED) is 0.836. The zero-order chi connectivity index (χ0) is 20.3. The fraction of sp³-hybridized carbons (Fsp3) is 0.500. The maximum absolute atomic E-state index is 12.7. The van der Waals surface area contributed by atoms with Gasteiger partial charge in [-0.3, -0.25) is 14.5 Å². The third-order valence-corrected chi connectivity index (χ3v) is 5.15. The first kappa shape index (κ1) is 20.0. The average Bonchev–Trinajstić information content (AvgIpc) is 2.92. The van der Waals surface area contributed by atoms with Crippen molar-refractivity contribution in [1.29, 1.82) is 0 Å². The Morgan fingerprint density at radius 3 is 2.43 bits per heavy atom. The molecule has 1 aliphatic heterocycles. The number of ether oxygens (including phenoxy) is 3. The molecule has 1 saturated heterocycles. The summed E-state index contributed by atoms with van der Waals surface area (Å²) in [6.07, 6.45) is 0.888. The highest BCUT2D eigenvalue weighted by Crippen LogP contribution is 2.42. The molecule has 28 heavy (non-hydrogen) atoms. The first-order valence-electron chi connectivity index (χ1n) is 9.31. The number of rotatable bonds is 5. The summed E-state index contributed by atoms with van der Waals surface area (Å²) in [4.78, 5) is 31.3. The van der Waals surface area contributed by atoms with Gasteiger partial charge in [0.15, 0.2) is 11.5 Å². The monoisotopic (exact) mass is 389 g/mol. The summed E-state index contributed by atoms with van der Waals surface area (Å²) in [6, 6.07) is 3.58. The summed E-state index contributed by atoms with van der Waals surface area (Å²) in [5, 5.41) is 0.759. The molecule has 0 spiro atoms. The molecule has 8 heteroatoms. The van der Waals surface area contributed by atoms with Crippen LogP contribution in [0.25, 0.3) is 10.9 Å². The van der Waals surface area contributed by atoms with Gasteiger partial charge < -0.3 is 24.1 Å². The zero-order valence-electron chi connectivity index (χ0n) is 16.8. The van der Waals surface area contributed by atoms with Gasteiger partial charge in [-0.05, 0) is 12.5 Å². The van der Waals surface area contributed by atoms with Crippen molar-refractivity contribution in [2.75, 3.05) is 47.5 Å². The highest BCUT2D eigenvalue weighted by atomic mass is 16.5. The molecular weight excluding hydrogens is 362 g/mol. The number of benzene rings is 1. The summed E-state index contributed by atoms with van der Waals surface area (Å²) in [5.41, 5.74) is 1.13. The number of carbonyl (C=O) groups excluding carboxylic acids is 1. The fourth-order valence-electron chi connectivity index (χ4n) is 3.67.